The average Bonchev–Trinajstić information content (AvgIpc) is 3.00. The fourth-order valence-corrected chi connectivity index (χ4v) is 4.29. The normalized spacial score (nSPS) is 12.2. The molecule has 0 aliphatic rings. The van der Waals surface area contributed by atoms with Crippen LogP contribution in [0.25, 0.3) is 0 Å². The molecular weight excluding hydrogens is 286 g/mol. The van der Waals surface area contributed by atoms with E-state index in [2.05, 4.69) is 0 Å². The van der Waals surface area contributed by atoms with Crippen molar-refractivity contribution in [3.63, 3.8) is 0 Å². The summed E-state index contributed by atoms with van der Waals surface area (Å²) in [5.41, 5.74) is 0. The van der Waals surface area contributed by atoms with E-state index in [9.17, 15) is 8.42 Å². The Labute approximate surface area is 116 Å². The van der Waals surface area contributed by atoms with E-state index in [0.29, 0.717) is 12.2 Å². The van der Waals surface area contributed by atoms with Crippen molar-refractivity contribution < 1.29 is 17.9 Å². The van der Waals surface area contributed by atoms with Crippen LogP contribution in [0.1, 0.15) is 10.6 Å². The van der Waals surface area contributed by atoms with Gasteiger partial charge in [0.15, 0.2) is 0 Å². The van der Waals surface area contributed by atoms with Crippen LogP contribution >= 0.6 is 11.3 Å². The molecule has 7 heteroatoms. The summed E-state index contributed by atoms with van der Waals surface area (Å²) in [6.45, 7) is 0.213. The van der Waals surface area contributed by atoms with Crippen LogP contribution in [0.4, 0.5) is 0 Å². The Morgan fingerprint density at radius 2 is 2.16 bits per heavy atom. The molecule has 0 aliphatic carbocycles. The van der Waals surface area contributed by atoms with Crippen molar-refractivity contribution in [1.82, 2.24) is 4.31 Å². The van der Waals surface area contributed by atoms with Crippen LogP contribution in [0.3, 0.4) is 0 Å². The van der Waals surface area contributed by atoms with Crippen molar-refractivity contribution >= 4 is 21.4 Å². The monoisotopic (exact) mass is 301 g/mol. The van der Waals surface area contributed by atoms with Crippen molar-refractivity contribution in [3.8, 4) is 0 Å². The number of furan rings is 1. The van der Waals surface area contributed by atoms with Gasteiger partial charge in [-0.25, -0.2) is 8.42 Å². The maximum absolute atomic E-state index is 12.3. The van der Waals surface area contributed by atoms with Gasteiger partial charge in [-0.3, -0.25) is 0 Å². The van der Waals surface area contributed by atoms with Crippen LogP contribution in [0, 0.1) is 0 Å². The molecule has 104 valence electrons. The molecule has 0 atom stereocenters. The first-order valence-electron chi connectivity index (χ1n) is 5.72. The van der Waals surface area contributed by atoms with Crippen molar-refractivity contribution in [1.29, 1.82) is 0 Å². The van der Waals surface area contributed by atoms with Gasteiger partial charge in [-0.2, -0.15) is 4.31 Å². The molecule has 5 nitrogen and oxygen atoms in total. The van der Waals surface area contributed by atoms with Crippen molar-refractivity contribution in [2.45, 2.75) is 17.2 Å². The Hall–Kier alpha value is -1.15. The first kappa shape index (κ1) is 14.3. The van der Waals surface area contributed by atoms with E-state index in [1.165, 1.54) is 29.0 Å². The van der Waals surface area contributed by atoms with Gasteiger partial charge < -0.3 is 9.52 Å². The zero-order chi connectivity index (χ0) is 13.9. The molecule has 0 aromatic carbocycles. The minimum absolute atomic E-state index is 0.0161. The summed E-state index contributed by atoms with van der Waals surface area (Å²) in [5, 5.41) is 8.85. The number of thiophene rings is 1. The molecule has 2 rings (SSSR count). The highest BCUT2D eigenvalue weighted by atomic mass is 32.2. The van der Waals surface area contributed by atoms with Crippen LogP contribution in [-0.4, -0.2) is 31.5 Å². The second kappa shape index (κ2) is 5.87. The second-order valence-corrected chi connectivity index (χ2v) is 7.47. The Balaban J connectivity index is 2.16. The maximum Gasteiger partial charge on any atom is 0.252 e. The lowest BCUT2D eigenvalue weighted by atomic mass is 10.4. The van der Waals surface area contributed by atoms with Crippen LogP contribution < -0.4 is 0 Å². The lowest BCUT2D eigenvalue weighted by Crippen LogP contribution is -2.25. The average molecular weight is 301 g/mol. The highest BCUT2D eigenvalue weighted by Gasteiger charge is 2.23. The maximum atomic E-state index is 12.3. The van der Waals surface area contributed by atoms with Crippen molar-refractivity contribution in [3.05, 3.63) is 41.2 Å². The first-order chi connectivity index (χ1) is 9.04. The van der Waals surface area contributed by atoms with Gasteiger partial charge in [0, 0.05) is 25.0 Å². The summed E-state index contributed by atoms with van der Waals surface area (Å²) in [5.74, 6) is 0.596. The summed E-state index contributed by atoms with van der Waals surface area (Å²) < 4.78 is 31.3. The predicted molar refractivity (Wildman–Crippen MR) is 72.5 cm³/mol. The van der Waals surface area contributed by atoms with Crippen LogP contribution in [-0.2, 0) is 23.0 Å². The van der Waals surface area contributed by atoms with Gasteiger partial charge in [0.05, 0.1) is 12.8 Å². The van der Waals surface area contributed by atoms with Crippen molar-refractivity contribution in [2.75, 3.05) is 13.7 Å². The number of sulfonamides is 1. The number of aliphatic hydroxyl groups is 1. The minimum Gasteiger partial charge on any atom is -0.468 e. The van der Waals surface area contributed by atoms with E-state index in [-0.39, 0.29) is 17.4 Å². The van der Waals surface area contributed by atoms with Crippen LogP contribution in [0.2, 0.25) is 0 Å². The first-order valence-corrected chi connectivity index (χ1v) is 7.98. The van der Waals surface area contributed by atoms with Crippen LogP contribution in [0.5, 0.6) is 0 Å². The van der Waals surface area contributed by atoms with E-state index in [4.69, 9.17) is 9.52 Å². The quantitative estimate of drug-likeness (QED) is 0.881. The molecule has 0 unspecified atom stereocenters. The summed E-state index contributed by atoms with van der Waals surface area (Å²) in [7, 11) is -1.99. The van der Waals surface area contributed by atoms with Gasteiger partial charge in [0.25, 0.3) is 10.0 Å². The van der Waals surface area contributed by atoms with E-state index in [0.717, 1.165) is 4.88 Å². The van der Waals surface area contributed by atoms with Gasteiger partial charge in [-0.15, -0.1) is 11.3 Å². The number of hydrogen-bond donors (Lipinski definition) is 1. The smallest absolute Gasteiger partial charge is 0.252 e. The molecule has 1 N–H and O–H groups in total. The minimum atomic E-state index is -3.50. The third-order valence-corrected chi connectivity index (χ3v) is 6.03. The molecule has 2 aromatic heterocycles. The van der Waals surface area contributed by atoms with E-state index in [1.54, 1.807) is 24.3 Å². The summed E-state index contributed by atoms with van der Waals surface area (Å²) in [6, 6.07) is 6.76. The highest BCUT2D eigenvalue weighted by Crippen LogP contribution is 2.25. The molecule has 0 radical (unpaired) electrons. The predicted octanol–water partition coefficient (Wildman–Crippen LogP) is 1.70. The Kier molecular flexibility index (Phi) is 4.41. The highest BCUT2D eigenvalue weighted by molar-refractivity contribution is 7.91. The number of aliphatic hydroxyl groups excluding tert-OH is 1. The molecular formula is C12H15NO4S2. The standard InChI is InChI=1S/C12H15NO4S2/c1-13(9-10-3-2-8-17-10)19(15,16)12-5-4-11(18-12)6-7-14/h2-5,8,14H,6-7,9H2,1H3. The van der Waals surface area contributed by atoms with Gasteiger partial charge in [-0.1, -0.05) is 0 Å². The lowest BCUT2D eigenvalue weighted by molar-refractivity contribution is 0.300. The molecule has 2 aromatic rings. The molecule has 0 bridgehead atoms. The van der Waals surface area contributed by atoms with E-state index >= 15 is 0 Å². The van der Waals surface area contributed by atoms with Crippen LogP contribution in [0.15, 0.2) is 39.2 Å². The lowest BCUT2D eigenvalue weighted by Gasteiger charge is -2.14. The fourth-order valence-electron chi connectivity index (χ4n) is 1.60. The van der Waals surface area contributed by atoms with E-state index in [1.807, 2.05) is 0 Å². The number of hydrogen-bond acceptors (Lipinski definition) is 5. The summed E-state index contributed by atoms with van der Waals surface area (Å²) in [6.07, 6.45) is 1.99. The third-order valence-electron chi connectivity index (χ3n) is 2.62. The Morgan fingerprint density at radius 1 is 1.37 bits per heavy atom. The SMILES string of the molecule is CN(Cc1ccco1)S(=O)(=O)c1ccc(CCO)s1. The van der Waals surface area contributed by atoms with Gasteiger partial charge in [0.1, 0.15) is 9.97 Å². The molecule has 0 saturated carbocycles. The molecule has 0 fully saturated rings. The Morgan fingerprint density at radius 3 is 2.79 bits per heavy atom. The van der Waals surface area contributed by atoms with Gasteiger partial charge >= 0.3 is 0 Å². The molecule has 2 heterocycles. The molecule has 0 aliphatic heterocycles. The zero-order valence-electron chi connectivity index (χ0n) is 10.4. The second-order valence-electron chi connectivity index (χ2n) is 4.03. The molecule has 19 heavy (non-hydrogen) atoms. The Bertz CT molecular complexity index is 616. The summed E-state index contributed by atoms with van der Waals surface area (Å²) in [4.78, 5) is 0.854. The number of nitrogens with zero attached hydrogens (tertiary/aromatic N) is 1. The summed E-state index contributed by atoms with van der Waals surface area (Å²) >= 11 is 1.19. The van der Waals surface area contributed by atoms with Gasteiger partial charge in [-0.05, 0) is 24.3 Å². The van der Waals surface area contributed by atoms with Gasteiger partial charge in [0.2, 0.25) is 0 Å². The zero-order valence-corrected chi connectivity index (χ0v) is 12.1. The molecule has 0 saturated heterocycles. The third kappa shape index (κ3) is 3.24. The van der Waals surface area contributed by atoms with Crippen molar-refractivity contribution in [2.24, 2.45) is 0 Å². The molecule has 0 spiro atoms. The topological polar surface area (TPSA) is 70.8 Å². The fraction of sp³-hybridized carbons (Fsp3) is 0.333. The molecule has 0 amide bonds. The number of rotatable bonds is 6. The largest absolute Gasteiger partial charge is 0.468 e. The van der Waals surface area contributed by atoms with E-state index < -0.39 is 10.0 Å².